The van der Waals surface area contributed by atoms with Crippen LogP contribution in [0.15, 0.2) is 21.3 Å². The van der Waals surface area contributed by atoms with Gasteiger partial charge in [0.25, 0.3) is 5.91 Å². The van der Waals surface area contributed by atoms with Crippen LogP contribution in [0, 0.1) is 13.8 Å². The van der Waals surface area contributed by atoms with E-state index in [9.17, 15) is 4.79 Å². The van der Waals surface area contributed by atoms with Gasteiger partial charge in [-0.3, -0.25) is 9.78 Å². The van der Waals surface area contributed by atoms with Gasteiger partial charge in [0.05, 0.1) is 5.69 Å². The van der Waals surface area contributed by atoms with Crippen molar-refractivity contribution in [3.63, 3.8) is 0 Å². The van der Waals surface area contributed by atoms with Crippen molar-refractivity contribution in [1.29, 1.82) is 0 Å². The summed E-state index contributed by atoms with van der Waals surface area (Å²) in [5.41, 5.74) is 4.64. The van der Waals surface area contributed by atoms with Crippen LogP contribution in [0.5, 0.6) is 0 Å². The van der Waals surface area contributed by atoms with E-state index in [-0.39, 0.29) is 17.6 Å². The van der Waals surface area contributed by atoms with Gasteiger partial charge in [0.2, 0.25) is 17.5 Å². The highest BCUT2D eigenvalue weighted by Crippen LogP contribution is 2.31. The standard InChI is InChI=1S/C19H21N5O3/c1-10(2)15-7-16(27-22-15)19(25)24-6-5-14-13(9-24)8-20-11(3)17(14)18-21-12(4)26-23-18/h7-8,10H,5-6,9H2,1-4H3. The first kappa shape index (κ1) is 17.4. The molecule has 0 aromatic carbocycles. The minimum Gasteiger partial charge on any atom is -0.351 e. The molecule has 0 aliphatic carbocycles. The van der Waals surface area contributed by atoms with Crippen molar-refractivity contribution in [3.05, 3.63) is 46.4 Å². The molecule has 4 rings (SSSR count). The largest absolute Gasteiger partial charge is 0.351 e. The molecule has 1 amide bonds. The second-order valence-electron chi connectivity index (χ2n) is 7.11. The molecule has 1 aliphatic heterocycles. The number of hydrogen-bond acceptors (Lipinski definition) is 7. The first-order chi connectivity index (χ1) is 12.9. The minimum absolute atomic E-state index is 0.155. The Hall–Kier alpha value is -3.03. The summed E-state index contributed by atoms with van der Waals surface area (Å²) in [4.78, 5) is 23.4. The van der Waals surface area contributed by atoms with E-state index in [1.807, 2.05) is 27.0 Å². The Kier molecular flexibility index (Phi) is 4.25. The highest BCUT2D eigenvalue weighted by atomic mass is 16.5. The van der Waals surface area contributed by atoms with Gasteiger partial charge in [-0.05, 0) is 30.4 Å². The molecule has 4 heterocycles. The van der Waals surface area contributed by atoms with Gasteiger partial charge in [-0.2, -0.15) is 4.98 Å². The summed E-state index contributed by atoms with van der Waals surface area (Å²) in [6.45, 7) is 8.76. The Morgan fingerprint density at radius 3 is 2.70 bits per heavy atom. The monoisotopic (exact) mass is 367 g/mol. The number of aryl methyl sites for hydroxylation is 2. The number of nitrogens with zero attached hydrogens (tertiary/aromatic N) is 5. The topological polar surface area (TPSA) is 98.2 Å². The van der Waals surface area contributed by atoms with E-state index in [1.54, 1.807) is 17.9 Å². The maximum Gasteiger partial charge on any atom is 0.292 e. The summed E-state index contributed by atoms with van der Waals surface area (Å²) in [5.74, 6) is 1.39. The molecule has 0 fully saturated rings. The van der Waals surface area contributed by atoms with Crippen molar-refractivity contribution in [1.82, 2.24) is 25.2 Å². The molecule has 8 nitrogen and oxygen atoms in total. The zero-order valence-electron chi connectivity index (χ0n) is 15.8. The van der Waals surface area contributed by atoms with Crippen molar-refractivity contribution in [2.45, 2.75) is 46.6 Å². The molecule has 3 aromatic heterocycles. The number of aromatic nitrogens is 4. The van der Waals surface area contributed by atoms with E-state index in [4.69, 9.17) is 9.05 Å². The molecule has 0 bridgehead atoms. The Balaban J connectivity index is 1.63. The summed E-state index contributed by atoms with van der Waals surface area (Å²) < 4.78 is 10.4. The zero-order chi connectivity index (χ0) is 19.1. The fourth-order valence-corrected chi connectivity index (χ4v) is 3.34. The number of hydrogen-bond donors (Lipinski definition) is 0. The molecule has 0 radical (unpaired) electrons. The molecule has 8 heteroatoms. The highest BCUT2D eigenvalue weighted by molar-refractivity contribution is 5.91. The number of carbonyl (C=O) groups is 1. The third-order valence-electron chi connectivity index (χ3n) is 4.83. The molecule has 1 aliphatic rings. The molecule has 0 saturated carbocycles. The Morgan fingerprint density at radius 1 is 1.22 bits per heavy atom. The third kappa shape index (κ3) is 3.11. The Morgan fingerprint density at radius 2 is 2.04 bits per heavy atom. The zero-order valence-corrected chi connectivity index (χ0v) is 15.8. The van der Waals surface area contributed by atoms with Crippen LogP contribution in [-0.4, -0.2) is 37.6 Å². The van der Waals surface area contributed by atoms with Gasteiger partial charge in [0, 0.05) is 43.5 Å². The molecule has 0 N–H and O–H groups in total. The van der Waals surface area contributed by atoms with Gasteiger partial charge in [0.15, 0.2) is 0 Å². The molecule has 0 unspecified atom stereocenters. The number of pyridine rings is 1. The van der Waals surface area contributed by atoms with Gasteiger partial charge >= 0.3 is 0 Å². The van der Waals surface area contributed by atoms with Crippen LogP contribution >= 0.6 is 0 Å². The number of rotatable bonds is 3. The summed E-state index contributed by atoms with van der Waals surface area (Å²) in [6.07, 6.45) is 2.51. The Labute approximate surface area is 156 Å². The van der Waals surface area contributed by atoms with Crippen LogP contribution in [0.4, 0.5) is 0 Å². The maximum atomic E-state index is 12.8. The lowest BCUT2D eigenvalue weighted by Gasteiger charge is -2.29. The van der Waals surface area contributed by atoms with Crippen LogP contribution in [0.1, 0.15) is 58.7 Å². The number of carbonyl (C=O) groups excluding carboxylic acids is 1. The average molecular weight is 367 g/mol. The van der Waals surface area contributed by atoms with Gasteiger partial charge < -0.3 is 13.9 Å². The second kappa shape index (κ2) is 6.61. The number of amides is 1. The van der Waals surface area contributed by atoms with Crippen molar-refractivity contribution in [2.75, 3.05) is 6.54 Å². The van der Waals surface area contributed by atoms with Crippen LogP contribution in [0.2, 0.25) is 0 Å². The van der Waals surface area contributed by atoms with Crippen LogP contribution < -0.4 is 0 Å². The van der Waals surface area contributed by atoms with Crippen LogP contribution in [0.3, 0.4) is 0 Å². The van der Waals surface area contributed by atoms with Gasteiger partial charge in [-0.1, -0.05) is 24.2 Å². The van der Waals surface area contributed by atoms with Crippen molar-refractivity contribution < 1.29 is 13.8 Å². The summed E-state index contributed by atoms with van der Waals surface area (Å²) in [6, 6.07) is 1.73. The van der Waals surface area contributed by atoms with Crippen molar-refractivity contribution in [3.8, 4) is 11.4 Å². The highest BCUT2D eigenvalue weighted by Gasteiger charge is 2.28. The lowest BCUT2D eigenvalue weighted by molar-refractivity contribution is 0.0692. The molecule has 0 atom stereocenters. The second-order valence-corrected chi connectivity index (χ2v) is 7.11. The lowest BCUT2D eigenvalue weighted by atomic mass is 9.94. The smallest absolute Gasteiger partial charge is 0.292 e. The number of fused-ring (bicyclic) bond motifs is 1. The summed E-state index contributed by atoms with van der Waals surface area (Å²) in [7, 11) is 0. The van der Waals surface area contributed by atoms with Crippen LogP contribution in [-0.2, 0) is 13.0 Å². The predicted octanol–water partition coefficient (Wildman–Crippen LogP) is 3.06. The summed E-state index contributed by atoms with van der Waals surface area (Å²) >= 11 is 0. The quantitative estimate of drug-likeness (QED) is 0.701. The molecule has 0 spiro atoms. The van der Waals surface area contributed by atoms with E-state index in [2.05, 4.69) is 20.3 Å². The van der Waals surface area contributed by atoms with E-state index < -0.39 is 0 Å². The molecule has 3 aromatic rings. The molecular formula is C19H21N5O3. The fourth-order valence-electron chi connectivity index (χ4n) is 3.34. The van der Waals surface area contributed by atoms with Crippen molar-refractivity contribution >= 4 is 5.91 Å². The Bertz CT molecular complexity index is 1000. The minimum atomic E-state index is -0.155. The predicted molar refractivity (Wildman–Crippen MR) is 96.0 cm³/mol. The van der Waals surface area contributed by atoms with E-state index in [0.717, 1.165) is 28.1 Å². The molecule has 0 saturated heterocycles. The van der Waals surface area contributed by atoms with E-state index in [0.29, 0.717) is 31.2 Å². The summed E-state index contributed by atoms with van der Waals surface area (Å²) in [5, 5.41) is 8.03. The van der Waals surface area contributed by atoms with Crippen LogP contribution in [0.25, 0.3) is 11.4 Å². The average Bonchev–Trinajstić information content (AvgIpc) is 3.30. The fraction of sp³-hybridized carbons (Fsp3) is 0.421. The van der Waals surface area contributed by atoms with E-state index >= 15 is 0 Å². The van der Waals surface area contributed by atoms with Gasteiger partial charge in [0.1, 0.15) is 0 Å². The molecule has 27 heavy (non-hydrogen) atoms. The van der Waals surface area contributed by atoms with Gasteiger partial charge in [-0.15, -0.1) is 0 Å². The van der Waals surface area contributed by atoms with Crippen molar-refractivity contribution in [2.24, 2.45) is 0 Å². The van der Waals surface area contributed by atoms with Gasteiger partial charge in [-0.25, -0.2) is 0 Å². The first-order valence-electron chi connectivity index (χ1n) is 8.98. The SMILES string of the molecule is Cc1nc(-c2c(C)ncc3c2CCN(C(=O)c2cc(C(C)C)no2)C3)no1. The maximum absolute atomic E-state index is 12.8. The normalized spacial score (nSPS) is 13.9. The molecular weight excluding hydrogens is 346 g/mol. The van der Waals surface area contributed by atoms with E-state index in [1.165, 1.54) is 0 Å². The molecule has 140 valence electrons. The first-order valence-corrected chi connectivity index (χ1v) is 8.98. The lowest BCUT2D eigenvalue weighted by Crippen LogP contribution is -2.36. The third-order valence-corrected chi connectivity index (χ3v) is 4.83.